The molecule has 0 amide bonds. The highest BCUT2D eigenvalue weighted by molar-refractivity contribution is 5.27. The summed E-state index contributed by atoms with van der Waals surface area (Å²) in [4.78, 5) is 2.55. The lowest BCUT2D eigenvalue weighted by atomic mass is 9.98. The fourth-order valence-electron chi connectivity index (χ4n) is 3.47. The van der Waals surface area contributed by atoms with Crippen molar-refractivity contribution in [2.24, 2.45) is 5.92 Å². The van der Waals surface area contributed by atoms with Crippen LogP contribution in [0.25, 0.3) is 0 Å². The van der Waals surface area contributed by atoms with E-state index in [4.69, 9.17) is 4.74 Å². The molecule has 4 heteroatoms. The van der Waals surface area contributed by atoms with Crippen molar-refractivity contribution in [3.8, 4) is 5.75 Å². The summed E-state index contributed by atoms with van der Waals surface area (Å²) < 4.78 is 8.06. The van der Waals surface area contributed by atoms with Crippen molar-refractivity contribution in [1.29, 1.82) is 0 Å². The number of benzene rings is 1. The molecule has 1 unspecified atom stereocenters. The number of hydrogen-bond donors (Lipinski definition) is 0. The van der Waals surface area contributed by atoms with Gasteiger partial charge in [0, 0.05) is 37.3 Å². The van der Waals surface area contributed by atoms with Crippen LogP contribution in [0, 0.1) is 19.8 Å². The van der Waals surface area contributed by atoms with Gasteiger partial charge in [-0.2, -0.15) is 5.10 Å². The molecule has 0 radical (unpaired) electrons. The van der Waals surface area contributed by atoms with Crippen molar-refractivity contribution >= 4 is 0 Å². The maximum atomic E-state index is 6.03. The minimum absolute atomic E-state index is 0.612. The molecule has 1 aliphatic heterocycles. The van der Waals surface area contributed by atoms with E-state index in [0.717, 1.165) is 37.7 Å². The monoisotopic (exact) mass is 327 g/mol. The molecular formula is C20H29N3O. The van der Waals surface area contributed by atoms with E-state index in [-0.39, 0.29) is 0 Å². The summed E-state index contributed by atoms with van der Waals surface area (Å²) in [5, 5.41) is 4.56. The second-order valence-electron chi connectivity index (χ2n) is 6.97. The fraction of sp³-hybridized carbons (Fsp3) is 0.550. The van der Waals surface area contributed by atoms with Crippen LogP contribution in [0.2, 0.25) is 0 Å². The molecule has 1 fully saturated rings. The van der Waals surface area contributed by atoms with Crippen molar-refractivity contribution in [3.05, 3.63) is 47.3 Å². The van der Waals surface area contributed by atoms with Gasteiger partial charge in [-0.15, -0.1) is 0 Å². The Morgan fingerprint density at radius 2 is 2.17 bits per heavy atom. The number of likely N-dealkylation sites (tertiary alicyclic amines) is 1. The number of rotatable bonds is 6. The number of hydrogen-bond acceptors (Lipinski definition) is 3. The summed E-state index contributed by atoms with van der Waals surface area (Å²) in [6, 6.07) is 8.33. The minimum Gasteiger partial charge on any atom is -0.493 e. The first-order valence-corrected chi connectivity index (χ1v) is 9.08. The van der Waals surface area contributed by atoms with Crippen molar-refractivity contribution in [1.82, 2.24) is 14.7 Å². The van der Waals surface area contributed by atoms with Gasteiger partial charge < -0.3 is 4.74 Å². The molecule has 0 N–H and O–H groups in total. The number of ether oxygens (including phenoxy) is 1. The SMILES string of the molecule is CCn1cc(CN2CCCC(COc3cccc(C)c3)C2)c(C)n1. The fourth-order valence-corrected chi connectivity index (χ4v) is 3.47. The Hall–Kier alpha value is -1.81. The quantitative estimate of drug-likeness (QED) is 0.808. The molecule has 0 bridgehead atoms. The maximum Gasteiger partial charge on any atom is 0.119 e. The van der Waals surface area contributed by atoms with E-state index < -0.39 is 0 Å². The van der Waals surface area contributed by atoms with Gasteiger partial charge in [-0.05, 0) is 57.9 Å². The van der Waals surface area contributed by atoms with Gasteiger partial charge in [-0.1, -0.05) is 12.1 Å². The summed E-state index contributed by atoms with van der Waals surface area (Å²) >= 11 is 0. The van der Waals surface area contributed by atoms with Crippen LogP contribution in [-0.4, -0.2) is 34.4 Å². The van der Waals surface area contributed by atoms with E-state index in [2.05, 4.69) is 61.2 Å². The molecule has 1 atom stereocenters. The Labute approximate surface area is 145 Å². The average Bonchev–Trinajstić information content (AvgIpc) is 2.93. The zero-order chi connectivity index (χ0) is 16.9. The summed E-state index contributed by atoms with van der Waals surface area (Å²) in [6.07, 6.45) is 4.71. The highest BCUT2D eigenvalue weighted by Gasteiger charge is 2.21. The van der Waals surface area contributed by atoms with Crippen LogP contribution in [0.4, 0.5) is 0 Å². The molecule has 3 rings (SSSR count). The minimum atomic E-state index is 0.612. The van der Waals surface area contributed by atoms with Crippen molar-refractivity contribution < 1.29 is 4.74 Å². The largest absolute Gasteiger partial charge is 0.493 e. The van der Waals surface area contributed by atoms with Gasteiger partial charge in [-0.3, -0.25) is 9.58 Å². The molecule has 1 aliphatic rings. The summed E-state index contributed by atoms with van der Waals surface area (Å²) in [7, 11) is 0. The molecule has 0 aliphatic carbocycles. The topological polar surface area (TPSA) is 30.3 Å². The van der Waals surface area contributed by atoms with E-state index in [0.29, 0.717) is 5.92 Å². The number of aryl methyl sites for hydroxylation is 3. The first-order valence-electron chi connectivity index (χ1n) is 9.08. The smallest absolute Gasteiger partial charge is 0.119 e. The molecule has 1 aromatic carbocycles. The van der Waals surface area contributed by atoms with Crippen LogP contribution in [-0.2, 0) is 13.1 Å². The highest BCUT2D eigenvalue weighted by atomic mass is 16.5. The van der Waals surface area contributed by atoms with Crippen LogP contribution in [0.1, 0.15) is 36.6 Å². The molecule has 2 heterocycles. The second kappa shape index (κ2) is 7.84. The lowest BCUT2D eigenvalue weighted by Gasteiger charge is -2.32. The molecular weight excluding hydrogens is 298 g/mol. The van der Waals surface area contributed by atoms with Crippen molar-refractivity contribution in [3.63, 3.8) is 0 Å². The summed E-state index contributed by atoms with van der Waals surface area (Å²) in [6.45, 7) is 11.4. The zero-order valence-corrected chi connectivity index (χ0v) is 15.2. The summed E-state index contributed by atoms with van der Waals surface area (Å²) in [5.74, 6) is 1.60. The standard InChI is InChI=1S/C20H29N3O/c1-4-23-14-19(17(3)21-23)13-22-10-6-8-18(12-22)15-24-20-9-5-7-16(2)11-20/h5,7,9,11,14,18H,4,6,8,10,12-13,15H2,1-3H3. The third kappa shape index (κ3) is 4.38. The predicted molar refractivity (Wildman–Crippen MR) is 97.3 cm³/mol. The normalized spacial score (nSPS) is 18.7. The van der Waals surface area contributed by atoms with Crippen LogP contribution in [0.3, 0.4) is 0 Å². The molecule has 2 aromatic rings. The van der Waals surface area contributed by atoms with E-state index >= 15 is 0 Å². The maximum absolute atomic E-state index is 6.03. The lowest BCUT2D eigenvalue weighted by molar-refractivity contribution is 0.125. The van der Waals surface area contributed by atoms with Crippen molar-refractivity contribution in [2.45, 2.75) is 46.7 Å². The second-order valence-corrected chi connectivity index (χ2v) is 6.97. The summed E-state index contributed by atoms with van der Waals surface area (Å²) in [5.41, 5.74) is 3.77. The van der Waals surface area contributed by atoms with Crippen LogP contribution in [0.15, 0.2) is 30.5 Å². The molecule has 0 spiro atoms. The van der Waals surface area contributed by atoms with Crippen LogP contribution in [0.5, 0.6) is 5.75 Å². The van der Waals surface area contributed by atoms with Gasteiger partial charge in [-0.25, -0.2) is 0 Å². The first-order chi connectivity index (χ1) is 11.6. The third-order valence-electron chi connectivity index (χ3n) is 4.84. The zero-order valence-electron chi connectivity index (χ0n) is 15.2. The third-order valence-corrected chi connectivity index (χ3v) is 4.84. The number of nitrogens with zero attached hydrogens (tertiary/aromatic N) is 3. The predicted octanol–water partition coefficient (Wildman–Crippen LogP) is 3.81. The van der Waals surface area contributed by atoms with Crippen LogP contribution >= 0.6 is 0 Å². The Balaban J connectivity index is 1.53. The van der Waals surface area contributed by atoms with Gasteiger partial charge in [0.25, 0.3) is 0 Å². The van der Waals surface area contributed by atoms with Gasteiger partial charge >= 0.3 is 0 Å². The van der Waals surface area contributed by atoms with E-state index in [1.54, 1.807) is 0 Å². The van der Waals surface area contributed by atoms with Gasteiger partial charge in [0.05, 0.1) is 12.3 Å². The molecule has 0 saturated carbocycles. The first kappa shape index (κ1) is 17.0. The Morgan fingerprint density at radius 1 is 1.29 bits per heavy atom. The molecule has 24 heavy (non-hydrogen) atoms. The molecule has 1 aromatic heterocycles. The number of piperidine rings is 1. The van der Waals surface area contributed by atoms with Crippen molar-refractivity contribution in [2.75, 3.05) is 19.7 Å². The Kier molecular flexibility index (Phi) is 5.56. The Bertz CT molecular complexity index is 665. The van der Waals surface area contributed by atoms with E-state index in [1.807, 2.05) is 4.68 Å². The van der Waals surface area contributed by atoms with Gasteiger partial charge in [0.15, 0.2) is 0 Å². The van der Waals surface area contributed by atoms with Gasteiger partial charge in [0.1, 0.15) is 5.75 Å². The molecule has 1 saturated heterocycles. The molecule has 130 valence electrons. The van der Waals surface area contributed by atoms with E-state index in [9.17, 15) is 0 Å². The van der Waals surface area contributed by atoms with E-state index in [1.165, 1.54) is 30.5 Å². The Morgan fingerprint density at radius 3 is 2.92 bits per heavy atom. The lowest BCUT2D eigenvalue weighted by Crippen LogP contribution is -2.37. The van der Waals surface area contributed by atoms with Gasteiger partial charge in [0.2, 0.25) is 0 Å². The average molecular weight is 327 g/mol. The highest BCUT2D eigenvalue weighted by Crippen LogP contribution is 2.21. The molecule has 4 nitrogen and oxygen atoms in total. The number of aromatic nitrogens is 2. The van der Waals surface area contributed by atoms with Crippen LogP contribution < -0.4 is 4.74 Å².